The zero-order valence-corrected chi connectivity index (χ0v) is 14.5. The molecule has 2 aromatic carbocycles. The minimum atomic E-state index is -0.00190. The minimum Gasteiger partial charge on any atom is -0.376 e. The Balaban J connectivity index is 1.38. The number of nitrogens with one attached hydrogen (secondary N) is 1. The summed E-state index contributed by atoms with van der Waals surface area (Å²) in [5, 5.41) is 15.2. The number of rotatable bonds is 6. The Morgan fingerprint density at radius 2 is 1.88 bits per heavy atom. The van der Waals surface area contributed by atoms with Crippen molar-refractivity contribution in [2.24, 2.45) is 0 Å². The molecule has 0 radical (unpaired) electrons. The van der Waals surface area contributed by atoms with Gasteiger partial charge in [0, 0.05) is 24.0 Å². The van der Waals surface area contributed by atoms with E-state index in [0.29, 0.717) is 6.04 Å². The normalized spacial score (nSPS) is 13.4. The zero-order valence-electron chi connectivity index (χ0n) is 14.5. The quantitative estimate of drug-likeness (QED) is 0.741. The van der Waals surface area contributed by atoms with Gasteiger partial charge in [0.25, 0.3) is 0 Å². The molecule has 1 aliphatic rings. The van der Waals surface area contributed by atoms with Crippen molar-refractivity contribution < 1.29 is 4.79 Å². The van der Waals surface area contributed by atoms with Crippen LogP contribution in [0, 0.1) is 0 Å². The second kappa shape index (κ2) is 6.95. The molecular weight excluding hydrogens is 328 g/mol. The second-order valence-electron chi connectivity index (χ2n) is 6.40. The summed E-state index contributed by atoms with van der Waals surface area (Å²) in [7, 11) is 1.78. The van der Waals surface area contributed by atoms with Crippen molar-refractivity contribution in [1.29, 1.82) is 0 Å². The Labute approximate surface area is 151 Å². The molecule has 0 unspecified atom stereocenters. The summed E-state index contributed by atoms with van der Waals surface area (Å²) < 4.78 is 1.89. The molecular formula is C19H20N6O. The van der Waals surface area contributed by atoms with Crippen molar-refractivity contribution in [2.45, 2.75) is 18.9 Å². The van der Waals surface area contributed by atoms with Crippen LogP contribution < -0.4 is 10.2 Å². The van der Waals surface area contributed by atoms with Gasteiger partial charge in [0.15, 0.2) is 5.82 Å². The van der Waals surface area contributed by atoms with Gasteiger partial charge in [0.2, 0.25) is 5.91 Å². The topological polar surface area (TPSA) is 75.9 Å². The predicted octanol–water partition coefficient (Wildman–Crippen LogP) is 2.75. The molecule has 1 amide bonds. The van der Waals surface area contributed by atoms with E-state index in [1.807, 2.05) is 59.3 Å². The lowest BCUT2D eigenvalue weighted by Gasteiger charge is -2.18. The number of para-hydroxylation sites is 1. The number of carbonyl (C=O) groups excluding carboxylic acids is 1. The first-order chi connectivity index (χ1) is 12.7. The summed E-state index contributed by atoms with van der Waals surface area (Å²) in [6, 6.07) is 17.9. The molecule has 3 aromatic rings. The number of benzene rings is 2. The van der Waals surface area contributed by atoms with Gasteiger partial charge in [-0.1, -0.05) is 18.2 Å². The first-order valence-corrected chi connectivity index (χ1v) is 8.66. The molecule has 4 rings (SSSR count). The molecule has 0 spiro atoms. The number of hydrogen-bond donors (Lipinski definition) is 1. The number of anilines is 2. The molecule has 0 aliphatic heterocycles. The third-order valence-corrected chi connectivity index (χ3v) is 4.49. The van der Waals surface area contributed by atoms with Gasteiger partial charge in [0.05, 0.1) is 12.6 Å². The molecule has 1 heterocycles. The fraction of sp³-hybridized carbons (Fsp3) is 0.263. The predicted molar refractivity (Wildman–Crippen MR) is 99.9 cm³/mol. The van der Waals surface area contributed by atoms with E-state index >= 15 is 0 Å². The molecule has 132 valence electrons. The van der Waals surface area contributed by atoms with Crippen LogP contribution in [0.15, 0.2) is 54.6 Å². The standard InChI is InChI=1S/C19H20N6O/c1-24(16-5-3-2-4-6-16)18(26)13-20-15-9-7-14(8-10-15)19-21-22-23-25(19)17-11-12-17/h2-10,17,20H,11-13H2,1H3. The van der Waals surface area contributed by atoms with E-state index in [4.69, 9.17) is 0 Å². The van der Waals surface area contributed by atoms with E-state index in [0.717, 1.165) is 35.6 Å². The van der Waals surface area contributed by atoms with Crippen LogP contribution in [0.3, 0.4) is 0 Å². The molecule has 1 aliphatic carbocycles. The van der Waals surface area contributed by atoms with Crippen LogP contribution in [0.4, 0.5) is 11.4 Å². The monoisotopic (exact) mass is 348 g/mol. The molecule has 26 heavy (non-hydrogen) atoms. The average Bonchev–Trinajstić information content (AvgIpc) is 3.43. The van der Waals surface area contributed by atoms with Crippen LogP contribution in [-0.2, 0) is 4.79 Å². The number of tetrazole rings is 1. The minimum absolute atomic E-state index is 0.00190. The van der Waals surface area contributed by atoms with Gasteiger partial charge in [-0.15, -0.1) is 5.10 Å². The maximum atomic E-state index is 12.3. The zero-order chi connectivity index (χ0) is 17.9. The van der Waals surface area contributed by atoms with Crippen molar-refractivity contribution in [2.75, 3.05) is 23.8 Å². The van der Waals surface area contributed by atoms with Crippen LogP contribution in [0.1, 0.15) is 18.9 Å². The van der Waals surface area contributed by atoms with Crippen molar-refractivity contribution in [3.8, 4) is 11.4 Å². The van der Waals surface area contributed by atoms with Crippen molar-refractivity contribution in [3.05, 3.63) is 54.6 Å². The maximum absolute atomic E-state index is 12.3. The lowest BCUT2D eigenvalue weighted by Crippen LogP contribution is -2.32. The third kappa shape index (κ3) is 3.42. The van der Waals surface area contributed by atoms with E-state index in [1.54, 1.807) is 11.9 Å². The molecule has 1 aromatic heterocycles. The number of hydrogen-bond acceptors (Lipinski definition) is 5. The van der Waals surface area contributed by atoms with Gasteiger partial charge < -0.3 is 10.2 Å². The highest BCUT2D eigenvalue weighted by molar-refractivity contribution is 5.95. The molecule has 1 saturated carbocycles. The van der Waals surface area contributed by atoms with Crippen LogP contribution in [-0.4, -0.2) is 39.7 Å². The fourth-order valence-electron chi connectivity index (χ4n) is 2.78. The van der Waals surface area contributed by atoms with Crippen LogP contribution in [0.25, 0.3) is 11.4 Å². The highest BCUT2D eigenvalue weighted by atomic mass is 16.2. The van der Waals surface area contributed by atoms with Crippen molar-refractivity contribution in [3.63, 3.8) is 0 Å². The number of carbonyl (C=O) groups is 1. The summed E-state index contributed by atoms with van der Waals surface area (Å²) in [5.41, 5.74) is 2.73. The summed E-state index contributed by atoms with van der Waals surface area (Å²) in [4.78, 5) is 14.0. The van der Waals surface area contributed by atoms with Gasteiger partial charge >= 0.3 is 0 Å². The van der Waals surface area contributed by atoms with E-state index in [2.05, 4.69) is 20.8 Å². The van der Waals surface area contributed by atoms with Gasteiger partial charge in [-0.2, -0.15) is 0 Å². The van der Waals surface area contributed by atoms with Gasteiger partial charge in [-0.05, 0) is 59.7 Å². The summed E-state index contributed by atoms with van der Waals surface area (Å²) >= 11 is 0. The number of aromatic nitrogens is 4. The third-order valence-electron chi connectivity index (χ3n) is 4.49. The largest absolute Gasteiger partial charge is 0.376 e. The molecule has 0 atom stereocenters. The summed E-state index contributed by atoms with van der Waals surface area (Å²) in [6.45, 7) is 0.227. The van der Waals surface area contributed by atoms with E-state index in [-0.39, 0.29) is 12.5 Å². The molecule has 1 N–H and O–H groups in total. The van der Waals surface area contributed by atoms with Crippen LogP contribution in [0.2, 0.25) is 0 Å². The first-order valence-electron chi connectivity index (χ1n) is 8.66. The highest BCUT2D eigenvalue weighted by Crippen LogP contribution is 2.36. The Morgan fingerprint density at radius 1 is 1.15 bits per heavy atom. The maximum Gasteiger partial charge on any atom is 0.246 e. The average molecular weight is 348 g/mol. The summed E-state index contributed by atoms with van der Waals surface area (Å²) in [5.74, 6) is 0.789. The lowest BCUT2D eigenvalue weighted by atomic mass is 10.2. The van der Waals surface area contributed by atoms with E-state index in [1.165, 1.54) is 0 Å². The first kappa shape index (κ1) is 16.3. The molecule has 7 heteroatoms. The van der Waals surface area contributed by atoms with Crippen molar-refractivity contribution in [1.82, 2.24) is 20.2 Å². The summed E-state index contributed by atoms with van der Waals surface area (Å²) in [6.07, 6.45) is 2.27. The Hall–Kier alpha value is -3.22. The highest BCUT2D eigenvalue weighted by Gasteiger charge is 2.28. The van der Waals surface area contributed by atoms with E-state index in [9.17, 15) is 4.79 Å². The number of amides is 1. The SMILES string of the molecule is CN(C(=O)CNc1ccc(-c2nnnn2C2CC2)cc1)c1ccccc1. The fourth-order valence-corrected chi connectivity index (χ4v) is 2.78. The number of nitrogens with zero attached hydrogens (tertiary/aromatic N) is 5. The van der Waals surface area contributed by atoms with Gasteiger partial charge in [0.1, 0.15) is 0 Å². The van der Waals surface area contributed by atoms with E-state index < -0.39 is 0 Å². The smallest absolute Gasteiger partial charge is 0.246 e. The second-order valence-corrected chi connectivity index (χ2v) is 6.40. The molecule has 1 fully saturated rings. The van der Waals surface area contributed by atoms with Crippen LogP contribution in [0.5, 0.6) is 0 Å². The van der Waals surface area contributed by atoms with Gasteiger partial charge in [-0.3, -0.25) is 4.79 Å². The molecule has 0 saturated heterocycles. The van der Waals surface area contributed by atoms with Crippen molar-refractivity contribution >= 4 is 17.3 Å². The Bertz CT molecular complexity index is 886. The van der Waals surface area contributed by atoms with Gasteiger partial charge in [-0.25, -0.2) is 4.68 Å². The Kier molecular flexibility index (Phi) is 4.35. The molecule has 7 nitrogen and oxygen atoms in total. The lowest BCUT2D eigenvalue weighted by molar-refractivity contribution is -0.116. The number of likely N-dealkylation sites (N-methyl/N-ethyl adjacent to an activating group) is 1. The van der Waals surface area contributed by atoms with Crippen LogP contribution >= 0.6 is 0 Å². The molecule has 0 bridgehead atoms. The Morgan fingerprint density at radius 3 is 2.58 bits per heavy atom.